The van der Waals surface area contributed by atoms with E-state index in [0.29, 0.717) is 17.9 Å². The Labute approximate surface area is 132 Å². The maximum absolute atomic E-state index is 8.98. The number of thioether (sulfide) groups is 1. The van der Waals surface area contributed by atoms with Crippen LogP contribution in [0.25, 0.3) is 0 Å². The highest BCUT2D eigenvalue weighted by molar-refractivity contribution is 7.99. The van der Waals surface area contributed by atoms with Crippen LogP contribution in [-0.4, -0.2) is 36.4 Å². The summed E-state index contributed by atoms with van der Waals surface area (Å²) in [6.07, 6.45) is 4.35. The first-order valence-electron chi connectivity index (χ1n) is 7.92. The van der Waals surface area contributed by atoms with Crippen LogP contribution in [0, 0.1) is 0 Å². The molecule has 0 spiro atoms. The van der Waals surface area contributed by atoms with Gasteiger partial charge in [0.2, 0.25) is 0 Å². The van der Waals surface area contributed by atoms with Gasteiger partial charge in [0.25, 0.3) is 0 Å². The van der Waals surface area contributed by atoms with Crippen LogP contribution >= 0.6 is 11.8 Å². The molecule has 4 heteroatoms. The summed E-state index contributed by atoms with van der Waals surface area (Å²) in [6, 6.07) is 6.90. The molecule has 1 aromatic carbocycles. The maximum Gasteiger partial charge on any atom is 0.119 e. The van der Waals surface area contributed by atoms with Crippen LogP contribution in [0.5, 0.6) is 5.75 Å². The van der Waals surface area contributed by atoms with Crippen molar-refractivity contribution in [1.82, 2.24) is 5.32 Å². The Kier molecular flexibility index (Phi) is 6.87. The number of nitrogens with one attached hydrogen (secondary N) is 1. The maximum atomic E-state index is 8.98. The number of ether oxygens (including phenoxy) is 1. The molecule has 3 nitrogen and oxygen atoms in total. The van der Waals surface area contributed by atoms with E-state index in [1.165, 1.54) is 17.5 Å². The minimum absolute atomic E-state index is 0.292. The first kappa shape index (κ1) is 16.7. The third kappa shape index (κ3) is 4.38. The highest BCUT2D eigenvalue weighted by atomic mass is 32.2. The van der Waals surface area contributed by atoms with Gasteiger partial charge in [-0.2, -0.15) is 11.8 Å². The molecule has 21 heavy (non-hydrogen) atoms. The molecule has 0 radical (unpaired) electrons. The van der Waals surface area contributed by atoms with Crippen molar-refractivity contribution in [2.45, 2.75) is 43.9 Å². The zero-order valence-corrected chi connectivity index (χ0v) is 13.9. The van der Waals surface area contributed by atoms with Crippen molar-refractivity contribution in [3.8, 4) is 5.75 Å². The van der Waals surface area contributed by atoms with Gasteiger partial charge in [0.15, 0.2) is 0 Å². The second-order valence-corrected chi connectivity index (χ2v) is 6.87. The predicted molar refractivity (Wildman–Crippen MR) is 90.3 cm³/mol. The Morgan fingerprint density at radius 2 is 2.29 bits per heavy atom. The Bertz CT molecular complexity index is 439. The molecule has 2 atom stereocenters. The van der Waals surface area contributed by atoms with Crippen LogP contribution in [0.15, 0.2) is 18.2 Å². The van der Waals surface area contributed by atoms with E-state index >= 15 is 0 Å². The largest absolute Gasteiger partial charge is 0.497 e. The Hall–Kier alpha value is -0.710. The molecule has 0 amide bonds. The molecule has 0 bridgehead atoms. The summed E-state index contributed by atoms with van der Waals surface area (Å²) >= 11 is 2.00. The Balaban J connectivity index is 2.13. The summed E-state index contributed by atoms with van der Waals surface area (Å²) in [4.78, 5) is 0. The first-order chi connectivity index (χ1) is 10.3. The zero-order chi connectivity index (χ0) is 15.1. The van der Waals surface area contributed by atoms with Crippen LogP contribution in [0.3, 0.4) is 0 Å². The number of aliphatic hydroxyl groups is 1. The Morgan fingerprint density at radius 3 is 3.00 bits per heavy atom. The predicted octanol–water partition coefficient (Wildman–Crippen LogP) is 3.17. The summed E-state index contributed by atoms with van der Waals surface area (Å²) in [5.74, 6) is 1.99. The van der Waals surface area contributed by atoms with Gasteiger partial charge < -0.3 is 15.2 Å². The van der Waals surface area contributed by atoms with Gasteiger partial charge in [0, 0.05) is 17.9 Å². The molecule has 0 saturated carbocycles. The smallest absolute Gasteiger partial charge is 0.119 e. The highest BCUT2D eigenvalue weighted by Gasteiger charge is 2.29. The number of aryl methyl sites for hydroxylation is 1. The number of hydrogen-bond acceptors (Lipinski definition) is 4. The summed E-state index contributed by atoms with van der Waals surface area (Å²) in [6.45, 7) is 3.55. The van der Waals surface area contributed by atoms with Crippen molar-refractivity contribution in [2.24, 2.45) is 0 Å². The lowest BCUT2D eigenvalue weighted by atomic mass is 9.87. The van der Waals surface area contributed by atoms with E-state index < -0.39 is 0 Å². The molecule has 2 rings (SSSR count). The number of fused-ring (bicyclic) bond motifs is 1. The lowest BCUT2D eigenvalue weighted by Crippen LogP contribution is -2.35. The fraction of sp³-hybridized carbons (Fsp3) is 0.647. The number of benzene rings is 1. The molecule has 2 N–H and O–H groups in total. The molecule has 2 unspecified atom stereocenters. The average molecular weight is 309 g/mol. The average Bonchev–Trinajstić information content (AvgIpc) is 2.53. The van der Waals surface area contributed by atoms with Gasteiger partial charge in [0.1, 0.15) is 5.75 Å². The lowest BCUT2D eigenvalue weighted by molar-refractivity contribution is 0.296. The molecular weight excluding hydrogens is 282 g/mol. The van der Waals surface area contributed by atoms with E-state index in [2.05, 4.69) is 30.4 Å². The van der Waals surface area contributed by atoms with Crippen molar-refractivity contribution in [3.05, 3.63) is 29.3 Å². The first-order valence-corrected chi connectivity index (χ1v) is 8.97. The van der Waals surface area contributed by atoms with Gasteiger partial charge in [-0.25, -0.2) is 0 Å². The van der Waals surface area contributed by atoms with Crippen molar-refractivity contribution in [1.29, 1.82) is 0 Å². The standard InChI is InChI=1S/C17H27NO2S/c1-3-9-18-17-15-7-6-14(20-2)12-13(15)5-8-16(17)21-11-4-10-19/h6-7,12,16-19H,3-5,8-11H2,1-2H3. The van der Waals surface area contributed by atoms with E-state index in [1.807, 2.05) is 11.8 Å². The molecule has 0 fully saturated rings. The molecule has 118 valence electrons. The second-order valence-electron chi connectivity index (χ2n) is 5.52. The van der Waals surface area contributed by atoms with E-state index in [1.54, 1.807) is 7.11 Å². The zero-order valence-electron chi connectivity index (χ0n) is 13.1. The molecule has 0 saturated heterocycles. The van der Waals surface area contributed by atoms with Crippen LogP contribution in [-0.2, 0) is 6.42 Å². The summed E-state index contributed by atoms with van der Waals surface area (Å²) in [5.41, 5.74) is 2.85. The van der Waals surface area contributed by atoms with Crippen molar-refractivity contribution in [2.75, 3.05) is 26.0 Å². The summed E-state index contributed by atoms with van der Waals surface area (Å²) in [7, 11) is 1.73. The number of rotatable bonds is 8. The molecule has 0 aromatic heterocycles. The van der Waals surface area contributed by atoms with Crippen LogP contribution < -0.4 is 10.1 Å². The lowest BCUT2D eigenvalue weighted by Gasteiger charge is -2.34. The van der Waals surface area contributed by atoms with E-state index in [0.717, 1.165) is 37.3 Å². The topological polar surface area (TPSA) is 41.5 Å². The number of hydrogen-bond donors (Lipinski definition) is 2. The van der Waals surface area contributed by atoms with Gasteiger partial charge in [-0.15, -0.1) is 0 Å². The Morgan fingerprint density at radius 1 is 1.43 bits per heavy atom. The normalized spacial score (nSPS) is 21.1. The van der Waals surface area contributed by atoms with Crippen molar-refractivity contribution < 1.29 is 9.84 Å². The van der Waals surface area contributed by atoms with Gasteiger partial charge in [-0.1, -0.05) is 13.0 Å². The summed E-state index contributed by atoms with van der Waals surface area (Å²) in [5, 5.41) is 13.3. The third-order valence-electron chi connectivity index (χ3n) is 4.00. The van der Waals surface area contributed by atoms with Gasteiger partial charge >= 0.3 is 0 Å². The number of aliphatic hydroxyl groups excluding tert-OH is 1. The monoisotopic (exact) mass is 309 g/mol. The molecule has 0 heterocycles. The highest BCUT2D eigenvalue weighted by Crippen LogP contribution is 2.38. The molecule has 0 aliphatic heterocycles. The third-order valence-corrected chi connectivity index (χ3v) is 5.46. The SMILES string of the molecule is CCCNC1c2ccc(OC)cc2CCC1SCCCO. The fourth-order valence-electron chi connectivity index (χ4n) is 2.91. The van der Waals surface area contributed by atoms with Gasteiger partial charge in [-0.3, -0.25) is 0 Å². The van der Waals surface area contributed by atoms with Crippen molar-refractivity contribution in [3.63, 3.8) is 0 Å². The molecule has 1 aliphatic carbocycles. The number of methoxy groups -OCH3 is 1. The van der Waals surface area contributed by atoms with Crippen LogP contribution in [0.4, 0.5) is 0 Å². The van der Waals surface area contributed by atoms with Crippen LogP contribution in [0.2, 0.25) is 0 Å². The molecule has 1 aromatic rings. The second kappa shape index (κ2) is 8.66. The molecule has 1 aliphatic rings. The van der Waals surface area contributed by atoms with Gasteiger partial charge in [-0.05, 0) is 61.2 Å². The van der Waals surface area contributed by atoms with E-state index in [-0.39, 0.29) is 0 Å². The van der Waals surface area contributed by atoms with E-state index in [9.17, 15) is 0 Å². The van der Waals surface area contributed by atoms with E-state index in [4.69, 9.17) is 9.84 Å². The summed E-state index contributed by atoms with van der Waals surface area (Å²) < 4.78 is 5.35. The quantitative estimate of drug-likeness (QED) is 0.724. The molecular formula is C17H27NO2S. The minimum Gasteiger partial charge on any atom is -0.497 e. The van der Waals surface area contributed by atoms with Gasteiger partial charge in [0.05, 0.1) is 7.11 Å². The fourth-order valence-corrected chi connectivity index (χ4v) is 4.23. The van der Waals surface area contributed by atoms with Crippen LogP contribution in [0.1, 0.15) is 43.4 Å². The van der Waals surface area contributed by atoms with Crippen molar-refractivity contribution >= 4 is 11.8 Å². The minimum atomic E-state index is 0.292.